The average Bonchev–Trinajstić information content (AvgIpc) is 2.83. The number of carbonyl (C=O) groups excluding carboxylic acids is 2. The van der Waals surface area contributed by atoms with E-state index in [9.17, 15) is 19.7 Å². The van der Waals surface area contributed by atoms with Crippen LogP contribution >= 0.6 is 0 Å². The van der Waals surface area contributed by atoms with Gasteiger partial charge in [-0.25, -0.2) is 0 Å². The number of hydrogen-bond donors (Lipinski definition) is 2. The SMILES string of the molecule is CNC(=O)c1cc(Oc2cccc(CCNC(=O)c3ccc(OC)c([N+](=O)[O-])c3)c2)ccn1. The second kappa shape index (κ2) is 10.7. The van der Waals surface area contributed by atoms with E-state index in [4.69, 9.17) is 9.47 Å². The molecule has 0 atom stereocenters. The van der Waals surface area contributed by atoms with Gasteiger partial charge in [0, 0.05) is 37.5 Å². The van der Waals surface area contributed by atoms with E-state index in [0.717, 1.165) is 5.56 Å². The number of pyridine rings is 1. The molecule has 3 aromatic rings. The van der Waals surface area contributed by atoms with E-state index in [1.807, 2.05) is 18.2 Å². The number of aromatic nitrogens is 1. The molecular formula is C23H22N4O6. The van der Waals surface area contributed by atoms with E-state index in [0.29, 0.717) is 24.5 Å². The molecule has 0 spiro atoms. The molecule has 0 aliphatic rings. The Morgan fingerprint density at radius 2 is 1.85 bits per heavy atom. The first-order valence-electron chi connectivity index (χ1n) is 9.97. The monoisotopic (exact) mass is 450 g/mol. The molecule has 0 fully saturated rings. The third-order valence-corrected chi connectivity index (χ3v) is 4.66. The van der Waals surface area contributed by atoms with Crippen LogP contribution in [-0.4, -0.2) is 42.4 Å². The number of benzene rings is 2. The first-order valence-corrected chi connectivity index (χ1v) is 9.97. The predicted octanol–water partition coefficient (Wildman–Crippen LogP) is 3.12. The molecule has 2 N–H and O–H groups in total. The van der Waals surface area contributed by atoms with Gasteiger partial charge in [-0.2, -0.15) is 0 Å². The highest BCUT2D eigenvalue weighted by Crippen LogP contribution is 2.27. The van der Waals surface area contributed by atoms with Crippen LogP contribution < -0.4 is 20.1 Å². The van der Waals surface area contributed by atoms with Gasteiger partial charge in [0.15, 0.2) is 5.75 Å². The number of methoxy groups -OCH3 is 1. The Morgan fingerprint density at radius 1 is 1.06 bits per heavy atom. The Hall–Kier alpha value is -4.47. The standard InChI is InChI=1S/C23H22N4O6/c1-24-23(29)19-14-18(9-11-25-19)33-17-5-3-4-15(12-17)8-10-26-22(28)16-6-7-21(32-2)20(13-16)27(30)31/h3-7,9,11-14H,8,10H2,1-2H3,(H,24,29)(H,26,28). The van der Waals surface area contributed by atoms with E-state index in [1.54, 1.807) is 18.2 Å². The number of nitro benzene ring substituents is 1. The van der Waals surface area contributed by atoms with Crippen LogP contribution in [0.4, 0.5) is 5.69 Å². The molecule has 3 rings (SSSR count). The van der Waals surface area contributed by atoms with Crippen LogP contribution in [0, 0.1) is 10.1 Å². The Morgan fingerprint density at radius 3 is 2.58 bits per heavy atom. The fourth-order valence-electron chi connectivity index (χ4n) is 3.02. The van der Waals surface area contributed by atoms with Gasteiger partial charge in [-0.3, -0.25) is 24.7 Å². The van der Waals surface area contributed by atoms with Crippen molar-refractivity contribution in [3.63, 3.8) is 0 Å². The molecule has 0 bridgehead atoms. The third kappa shape index (κ3) is 6.03. The normalized spacial score (nSPS) is 10.2. The second-order valence-corrected chi connectivity index (χ2v) is 6.86. The van der Waals surface area contributed by atoms with Crippen LogP contribution in [-0.2, 0) is 6.42 Å². The number of nitrogens with one attached hydrogen (secondary N) is 2. The maximum atomic E-state index is 12.4. The zero-order valence-electron chi connectivity index (χ0n) is 18.0. The number of amides is 2. The van der Waals surface area contributed by atoms with E-state index >= 15 is 0 Å². The molecule has 10 heteroatoms. The van der Waals surface area contributed by atoms with E-state index in [2.05, 4.69) is 15.6 Å². The first kappa shape index (κ1) is 23.2. The summed E-state index contributed by atoms with van der Waals surface area (Å²) in [5.74, 6) is 0.387. The lowest BCUT2D eigenvalue weighted by Gasteiger charge is -2.10. The Kier molecular flexibility index (Phi) is 7.53. The highest BCUT2D eigenvalue weighted by atomic mass is 16.6. The summed E-state index contributed by atoms with van der Waals surface area (Å²) < 4.78 is 10.8. The van der Waals surface area contributed by atoms with Gasteiger partial charge in [-0.05, 0) is 42.3 Å². The summed E-state index contributed by atoms with van der Waals surface area (Å²) in [7, 11) is 2.85. The van der Waals surface area contributed by atoms with Crippen molar-refractivity contribution in [1.82, 2.24) is 15.6 Å². The number of nitro groups is 1. The molecular weight excluding hydrogens is 428 g/mol. The summed E-state index contributed by atoms with van der Waals surface area (Å²) in [6, 6.07) is 14.5. The molecule has 0 radical (unpaired) electrons. The number of hydrogen-bond acceptors (Lipinski definition) is 7. The fourth-order valence-corrected chi connectivity index (χ4v) is 3.02. The smallest absolute Gasteiger partial charge is 0.311 e. The van der Waals surface area contributed by atoms with Crippen molar-refractivity contribution in [3.05, 3.63) is 87.7 Å². The van der Waals surface area contributed by atoms with Crippen molar-refractivity contribution in [2.24, 2.45) is 0 Å². The summed E-state index contributed by atoms with van der Waals surface area (Å²) in [6.07, 6.45) is 2.00. The minimum Gasteiger partial charge on any atom is -0.490 e. The van der Waals surface area contributed by atoms with Crippen molar-refractivity contribution in [2.75, 3.05) is 20.7 Å². The Labute approximate surface area is 189 Å². The van der Waals surface area contributed by atoms with E-state index < -0.39 is 10.8 Å². The quantitative estimate of drug-likeness (QED) is 0.378. The molecule has 0 saturated heterocycles. The van der Waals surface area contributed by atoms with Crippen molar-refractivity contribution in [3.8, 4) is 17.2 Å². The molecule has 10 nitrogen and oxygen atoms in total. The topological polar surface area (TPSA) is 133 Å². The van der Waals surface area contributed by atoms with Gasteiger partial charge in [0.05, 0.1) is 12.0 Å². The second-order valence-electron chi connectivity index (χ2n) is 6.86. The Bertz CT molecular complexity index is 1180. The van der Waals surface area contributed by atoms with Crippen LogP contribution in [0.5, 0.6) is 17.2 Å². The van der Waals surface area contributed by atoms with Gasteiger partial charge in [0.1, 0.15) is 17.2 Å². The van der Waals surface area contributed by atoms with Gasteiger partial charge in [-0.1, -0.05) is 12.1 Å². The molecule has 0 aliphatic heterocycles. The number of ether oxygens (including phenoxy) is 2. The third-order valence-electron chi connectivity index (χ3n) is 4.66. The molecule has 2 aromatic carbocycles. The zero-order valence-corrected chi connectivity index (χ0v) is 18.0. The highest BCUT2D eigenvalue weighted by Gasteiger charge is 2.18. The molecule has 1 aromatic heterocycles. The van der Waals surface area contributed by atoms with Crippen LogP contribution in [0.1, 0.15) is 26.4 Å². The Balaban J connectivity index is 1.60. The molecule has 0 saturated carbocycles. The average molecular weight is 450 g/mol. The summed E-state index contributed by atoms with van der Waals surface area (Å²) in [5, 5.41) is 16.4. The highest BCUT2D eigenvalue weighted by molar-refractivity contribution is 5.95. The van der Waals surface area contributed by atoms with Crippen molar-refractivity contribution >= 4 is 17.5 Å². The van der Waals surface area contributed by atoms with Crippen LogP contribution in [0.3, 0.4) is 0 Å². The minimum absolute atomic E-state index is 0.0880. The predicted molar refractivity (Wildman–Crippen MR) is 120 cm³/mol. The number of carbonyl (C=O) groups is 2. The first-order chi connectivity index (χ1) is 15.9. The zero-order chi connectivity index (χ0) is 23.8. The molecule has 0 aliphatic carbocycles. The summed E-state index contributed by atoms with van der Waals surface area (Å²) >= 11 is 0. The van der Waals surface area contributed by atoms with E-state index in [1.165, 1.54) is 38.6 Å². The van der Waals surface area contributed by atoms with Crippen molar-refractivity contribution in [2.45, 2.75) is 6.42 Å². The largest absolute Gasteiger partial charge is 0.490 e. The van der Waals surface area contributed by atoms with Gasteiger partial charge in [0.2, 0.25) is 0 Å². The fraction of sp³-hybridized carbons (Fsp3) is 0.174. The molecule has 170 valence electrons. The van der Waals surface area contributed by atoms with Gasteiger partial charge < -0.3 is 20.1 Å². The number of nitrogens with zero attached hydrogens (tertiary/aromatic N) is 2. The molecule has 33 heavy (non-hydrogen) atoms. The molecule has 2 amide bonds. The van der Waals surface area contributed by atoms with Crippen molar-refractivity contribution < 1.29 is 24.0 Å². The van der Waals surface area contributed by atoms with E-state index in [-0.39, 0.29) is 28.6 Å². The van der Waals surface area contributed by atoms with Crippen LogP contribution in [0.15, 0.2) is 60.8 Å². The van der Waals surface area contributed by atoms with Gasteiger partial charge in [0.25, 0.3) is 11.8 Å². The summed E-state index contributed by atoms with van der Waals surface area (Å²) in [6.45, 7) is 0.318. The minimum atomic E-state index is -0.596. The van der Waals surface area contributed by atoms with Crippen LogP contribution in [0.25, 0.3) is 0 Å². The molecule has 0 unspecified atom stereocenters. The summed E-state index contributed by atoms with van der Waals surface area (Å²) in [4.78, 5) is 38.7. The van der Waals surface area contributed by atoms with Gasteiger partial charge in [-0.15, -0.1) is 0 Å². The van der Waals surface area contributed by atoms with Crippen molar-refractivity contribution in [1.29, 1.82) is 0 Å². The maximum absolute atomic E-state index is 12.4. The lowest BCUT2D eigenvalue weighted by atomic mass is 10.1. The molecule has 1 heterocycles. The number of rotatable bonds is 9. The maximum Gasteiger partial charge on any atom is 0.311 e. The van der Waals surface area contributed by atoms with Gasteiger partial charge >= 0.3 is 5.69 Å². The lowest BCUT2D eigenvalue weighted by Crippen LogP contribution is -2.25. The summed E-state index contributed by atoms with van der Waals surface area (Å²) in [5.41, 5.74) is 1.05. The van der Waals surface area contributed by atoms with Crippen LogP contribution in [0.2, 0.25) is 0 Å². The lowest BCUT2D eigenvalue weighted by molar-refractivity contribution is -0.385.